The van der Waals surface area contributed by atoms with Crippen molar-refractivity contribution in [1.82, 2.24) is 15.5 Å². The molecule has 0 bridgehead atoms. The van der Waals surface area contributed by atoms with E-state index in [1.54, 1.807) is 7.05 Å². The molecule has 0 aliphatic heterocycles. The first-order valence-corrected chi connectivity index (χ1v) is 6.37. The third-order valence-corrected chi connectivity index (χ3v) is 2.75. The zero-order valence-electron chi connectivity index (χ0n) is 11.8. The van der Waals surface area contributed by atoms with E-state index in [0.29, 0.717) is 6.04 Å². The first kappa shape index (κ1) is 16.0. The lowest BCUT2D eigenvalue weighted by atomic mass is 10.2. The van der Waals surface area contributed by atoms with Crippen molar-refractivity contribution in [2.45, 2.75) is 32.7 Å². The first-order chi connectivity index (χ1) is 8.11. The molecule has 0 amide bonds. The zero-order valence-corrected chi connectivity index (χ0v) is 11.8. The normalized spacial score (nSPS) is 12.0. The van der Waals surface area contributed by atoms with Crippen molar-refractivity contribution in [2.24, 2.45) is 4.99 Å². The molecule has 0 saturated carbocycles. The molecule has 0 aromatic rings. The van der Waals surface area contributed by atoms with Crippen LogP contribution in [0.15, 0.2) is 17.6 Å². The third-order valence-electron chi connectivity index (χ3n) is 2.75. The third kappa shape index (κ3) is 8.74. The van der Waals surface area contributed by atoms with Crippen molar-refractivity contribution in [3.63, 3.8) is 0 Å². The maximum atomic E-state index is 4.12. The van der Waals surface area contributed by atoms with Crippen molar-refractivity contribution in [3.05, 3.63) is 12.7 Å². The molecule has 0 aliphatic rings. The van der Waals surface area contributed by atoms with Crippen LogP contribution in [0, 0.1) is 0 Å². The molecule has 0 saturated heterocycles. The fourth-order valence-electron chi connectivity index (χ4n) is 1.34. The number of rotatable bonds is 8. The van der Waals surface area contributed by atoms with E-state index in [-0.39, 0.29) is 0 Å². The summed E-state index contributed by atoms with van der Waals surface area (Å²) in [6.45, 7) is 11.0. The van der Waals surface area contributed by atoms with Crippen LogP contribution < -0.4 is 10.6 Å². The Bertz CT molecular complexity index is 223. The summed E-state index contributed by atoms with van der Waals surface area (Å²) in [6, 6.07) is 0.630. The highest BCUT2D eigenvalue weighted by Gasteiger charge is 2.01. The second-order valence-corrected chi connectivity index (χ2v) is 4.45. The summed E-state index contributed by atoms with van der Waals surface area (Å²) >= 11 is 0. The Morgan fingerprint density at radius 3 is 2.59 bits per heavy atom. The molecule has 2 N–H and O–H groups in total. The Morgan fingerprint density at radius 1 is 1.35 bits per heavy atom. The number of nitrogens with zero attached hydrogens (tertiary/aromatic N) is 2. The quantitative estimate of drug-likeness (QED) is 0.292. The topological polar surface area (TPSA) is 39.7 Å². The fraction of sp³-hybridized carbons (Fsp3) is 0.769. The van der Waals surface area contributed by atoms with Gasteiger partial charge in [-0.3, -0.25) is 4.99 Å². The van der Waals surface area contributed by atoms with E-state index in [0.717, 1.165) is 32.0 Å². The minimum absolute atomic E-state index is 0.630. The van der Waals surface area contributed by atoms with Crippen LogP contribution in [0.5, 0.6) is 0 Å². The van der Waals surface area contributed by atoms with Gasteiger partial charge in [-0.15, -0.1) is 6.58 Å². The largest absolute Gasteiger partial charge is 0.356 e. The molecule has 0 aliphatic carbocycles. The molecule has 100 valence electrons. The average Bonchev–Trinajstić information content (AvgIpc) is 2.32. The van der Waals surface area contributed by atoms with Crippen LogP contribution in [0.25, 0.3) is 0 Å². The smallest absolute Gasteiger partial charge is 0.191 e. The molecule has 0 unspecified atom stereocenters. The summed E-state index contributed by atoms with van der Waals surface area (Å²) < 4.78 is 0. The summed E-state index contributed by atoms with van der Waals surface area (Å²) in [5.74, 6) is 0.849. The Labute approximate surface area is 106 Å². The number of guanidine groups is 1. The molecule has 17 heavy (non-hydrogen) atoms. The van der Waals surface area contributed by atoms with Crippen molar-refractivity contribution in [1.29, 1.82) is 0 Å². The minimum atomic E-state index is 0.630. The Morgan fingerprint density at radius 2 is 2.06 bits per heavy atom. The average molecular weight is 240 g/mol. The van der Waals surface area contributed by atoms with Gasteiger partial charge in [-0.2, -0.15) is 0 Å². The molecular weight excluding hydrogens is 212 g/mol. The van der Waals surface area contributed by atoms with Gasteiger partial charge in [0, 0.05) is 26.2 Å². The van der Waals surface area contributed by atoms with Gasteiger partial charge in [0.2, 0.25) is 0 Å². The highest BCUT2D eigenvalue weighted by Crippen LogP contribution is 1.97. The Hall–Kier alpha value is -1.03. The van der Waals surface area contributed by atoms with Gasteiger partial charge >= 0.3 is 0 Å². The van der Waals surface area contributed by atoms with Crippen molar-refractivity contribution in [3.8, 4) is 0 Å². The lowest BCUT2D eigenvalue weighted by molar-refractivity contribution is 0.268. The van der Waals surface area contributed by atoms with E-state index in [1.807, 2.05) is 6.08 Å². The van der Waals surface area contributed by atoms with Crippen LogP contribution in [0.1, 0.15) is 26.7 Å². The predicted octanol–water partition coefficient (Wildman–Crippen LogP) is 1.46. The number of hydrogen-bond acceptors (Lipinski definition) is 2. The Balaban J connectivity index is 3.52. The van der Waals surface area contributed by atoms with Crippen molar-refractivity contribution < 1.29 is 0 Å². The van der Waals surface area contributed by atoms with E-state index in [9.17, 15) is 0 Å². The van der Waals surface area contributed by atoms with Gasteiger partial charge in [-0.05, 0) is 40.3 Å². The van der Waals surface area contributed by atoms with Crippen LogP contribution in [0.2, 0.25) is 0 Å². The van der Waals surface area contributed by atoms with E-state index < -0.39 is 0 Å². The second-order valence-electron chi connectivity index (χ2n) is 4.45. The zero-order chi connectivity index (χ0) is 13.1. The fourth-order valence-corrected chi connectivity index (χ4v) is 1.34. The van der Waals surface area contributed by atoms with Gasteiger partial charge < -0.3 is 15.5 Å². The van der Waals surface area contributed by atoms with E-state index in [2.05, 4.69) is 48.0 Å². The highest BCUT2D eigenvalue weighted by molar-refractivity contribution is 5.79. The van der Waals surface area contributed by atoms with Crippen molar-refractivity contribution >= 4 is 5.96 Å². The van der Waals surface area contributed by atoms with Crippen LogP contribution in [0.3, 0.4) is 0 Å². The van der Waals surface area contributed by atoms with Gasteiger partial charge in [0.1, 0.15) is 0 Å². The SMILES string of the molecule is C=CCNC(=NC)NCCCCN(C)C(C)C. The van der Waals surface area contributed by atoms with E-state index >= 15 is 0 Å². The Kier molecular flexibility index (Phi) is 9.53. The van der Waals surface area contributed by atoms with E-state index in [1.165, 1.54) is 6.42 Å². The number of nitrogens with one attached hydrogen (secondary N) is 2. The van der Waals surface area contributed by atoms with Crippen molar-refractivity contribution in [2.75, 3.05) is 33.7 Å². The molecule has 4 nitrogen and oxygen atoms in total. The molecule has 0 aromatic heterocycles. The summed E-state index contributed by atoms with van der Waals surface area (Å²) in [6.07, 6.45) is 4.19. The van der Waals surface area contributed by atoms with Gasteiger partial charge in [-0.25, -0.2) is 0 Å². The minimum Gasteiger partial charge on any atom is -0.356 e. The van der Waals surface area contributed by atoms with Crippen LogP contribution in [-0.2, 0) is 0 Å². The first-order valence-electron chi connectivity index (χ1n) is 6.37. The molecule has 0 heterocycles. The maximum Gasteiger partial charge on any atom is 0.191 e. The summed E-state index contributed by atoms with van der Waals surface area (Å²) in [5, 5.41) is 6.43. The monoisotopic (exact) mass is 240 g/mol. The number of aliphatic imine (C=N–C) groups is 1. The maximum absolute atomic E-state index is 4.12. The molecule has 0 rings (SSSR count). The molecule has 0 aromatic carbocycles. The van der Waals surface area contributed by atoms with Crippen LogP contribution in [0.4, 0.5) is 0 Å². The molecule has 0 atom stereocenters. The molecule has 4 heteroatoms. The van der Waals surface area contributed by atoms with Crippen LogP contribution >= 0.6 is 0 Å². The molecule has 0 radical (unpaired) electrons. The summed E-state index contributed by atoms with van der Waals surface area (Å²) in [5.41, 5.74) is 0. The summed E-state index contributed by atoms with van der Waals surface area (Å²) in [7, 11) is 3.95. The van der Waals surface area contributed by atoms with Gasteiger partial charge in [0.25, 0.3) is 0 Å². The van der Waals surface area contributed by atoms with E-state index in [4.69, 9.17) is 0 Å². The van der Waals surface area contributed by atoms with Gasteiger partial charge in [0.05, 0.1) is 0 Å². The number of hydrogen-bond donors (Lipinski definition) is 2. The van der Waals surface area contributed by atoms with Gasteiger partial charge in [-0.1, -0.05) is 6.08 Å². The number of unbranched alkanes of at least 4 members (excludes halogenated alkanes) is 1. The van der Waals surface area contributed by atoms with Crippen LogP contribution in [-0.4, -0.2) is 50.6 Å². The molecule has 0 fully saturated rings. The second kappa shape index (κ2) is 10.1. The molecular formula is C13H28N4. The standard InChI is InChI=1S/C13H28N4/c1-6-9-15-13(14-4)16-10-7-8-11-17(5)12(2)3/h6,12H,1,7-11H2,2-5H3,(H2,14,15,16). The lowest BCUT2D eigenvalue weighted by Crippen LogP contribution is -2.38. The van der Waals surface area contributed by atoms with Gasteiger partial charge in [0.15, 0.2) is 5.96 Å². The molecule has 0 spiro atoms. The predicted molar refractivity (Wildman–Crippen MR) is 76.6 cm³/mol. The summed E-state index contributed by atoms with van der Waals surface area (Å²) in [4.78, 5) is 6.49. The lowest BCUT2D eigenvalue weighted by Gasteiger charge is -2.20. The highest BCUT2D eigenvalue weighted by atomic mass is 15.2.